The summed E-state index contributed by atoms with van der Waals surface area (Å²) >= 11 is 0. The fraction of sp³-hybridized carbons (Fsp3) is 1.00. The maximum Gasteiger partial charge on any atom is 0.107 e. The van der Waals surface area contributed by atoms with Crippen LogP contribution in [0.3, 0.4) is 0 Å². The summed E-state index contributed by atoms with van der Waals surface area (Å²) in [4.78, 5) is 0. The molecular weight excluding hydrogens is 120 g/mol. The molecule has 3 heteroatoms. The molecule has 4 atom stereocenters. The van der Waals surface area contributed by atoms with E-state index in [1.807, 2.05) is 0 Å². The van der Waals surface area contributed by atoms with Crippen LogP contribution in [-0.2, 0) is 4.74 Å². The predicted molar refractivity (Wildman–Crippen MR) is 32.0 cm³/mol. The Morgan fingerprint density at radius 2 is 2.56 bits per heavy atom. The summed E-state index contributed by atoms with van der Waals surface area (Å²) in [7, 11) is 0. The van der Waals surface area contributed by atoms with E-state index in [1.165, 1.54) is 0 Å². The van der Waals surface area contributed by atoms with Gasteiger partial charge in [-0.15, -0.1) is 0 Å². The highest BCUT2D eigenvalue weighted by molar-refractivity contribution is 4.79. The van der Waals surface area contributed by atoms with Gasteiger partial charge in [0.1, 0.15) is 6.10 Å². The number of aliphatic hydroxyl groups excluding tert-OH is 2. The molecule has 0 aromatic rings. The number of hydrogen-bond acceptors (Lipinski definition) is 3. The van der Waals surface area contributed by atoms with Gasteiger partial charge in [-0.05, 0) is 0 Å². The summed E-state index contributed by atoms with van der Waals surface area (Å²) in [6, 6.07) is 0. The molecule has 1 heterocycles. The van der Waals surface area contributed by atoms with Crippen molar-refractivity contribution in [3.05, 3.63) is 0 Å². The van der Waals surface area contributed by atoms with Gasteiger partial charge in [0, 0.05) is 5.92 Å². The molecule has 9 heavy (non-hydrogen) atoms. The van der Waals surface area contributed by atoms with Crippen LogP contribution in [0.1, 0.15) is 8.29 Å². The fourth-order valence-corrected chi connectivity index (χ4v) is 0.875. The third kappa shape index (κ3) is 1.23. The molecule has 1 rings (SSSR count). The lowest BCUT2D eigenvalue weighted by Gasteiger charge is -2.10. The van der Waals surface area contributed by atoms with Crippen LogP contribution in [0.2, 0.25) is 0 Å². The van der Waals surface area contributed by atoms with Crippen molar-refractivity contribution >= 4 is 0 Å². The van der Waals surface area contributed by atoms with Gasteiger partial charge in [-0.1, -0.05) is 6.92 Å². The number of rotatable bonds is 1. The van der Waals surface area contributed by atoms with Gasteiger partial charge in [-0.25, -0.2) is 0 Å². The van der Waals surface area contributed by atoms with Crippen molar-refractivity contribution in [2.24, 2.45) is 5.92 Å². The van der Waals surface area contributed by atoms with Crippen LogP contribution in [0, 0.1) is 5.92 Å². The maximum atomic E-state index is 9.22. The Morgan fingerprint density at radius 3 is 2.78 bits per heavy atom. The van der Waals surface area contributed by atoms with Crippen LogP contribution in [0.5, 0.6) is 0 Å². The van der Waals surface area contributed by atoms with E-state index in [4.69, 9.17) is 11.2 Å². The van der Waals surface area contributed by atoms with Crippen LogP contribution in [0.15, 0.2) is 0 Å². The summed E-state index contributed by atoms with van der Waals surface area (Å²) in [5, 5.41) is 17.8. The Balaban J connectivity index is 2.53. The topological polar surface area (TPSA) is 49.7 Å². The maximum absolute atomic E-state index is 9.22. The molecule has 4 unspecified atom stereocenters. The third-order valence-electron chi connectivity index (χ3n) is 1.57. The van der Waals surface area contributed by atoms with Crippen molar-refractivity contribution in [2.45, 2.75) is 19.1 Å². The first-order valence-corrected chi connectivity index (χ1v) is 3.03. The van der Waals surface area contributed by atoms with E-state index in [0.717, 1.165) is 0 Å². The minimum Gasteiger partial charge on any atom is -0.394 e. The van der Waals surface area contributed by atoms with Crippen LogP contribution < -0.4 is 0 Å². The summed E-state index contributed by atoms with van der Waals surface area (Å²) in [5.74, 6) is -0.197. The molecule has 1 fully saturated rings. The largest absolute Gasteiger partial charge is 0.394 e. The molecule has 0 spiro atoms. The summed E-state index contributed by atoms with van der Waals surface area (Å²) in [5.41, 5.74) is 0. The molecule has 3 nitrogen and oxygen atoms in total. The molecule has 0 amide bonds. The zero-order chi connectivity index (χ0) is 7.72. The molecule has 0 bridgehead atoms. The van der Waals surface area contributed by atoms with Gasteiger partial charge in [0.25, 0.3) is 0 Å². The smallest absolute Gasteiger partial charge is 0.107 e. The zero-order valence-corrected chi connectivity index (χ0v) is 5.32. The second-order valence-corrected chi connectivity index (χ2v) is 2.34. The predicted octanol–water partition coefficient (Wildman–Crippen LogP) is -0.626. The van der Waals surface area contributed by atoms with E-state index >= 15 is 0 Å². The normalized spacial score (nSPS) is 53.4. The quantitative estimate of drug-likeness (QED) is 0.502. The van der Waals surface area contributed by atoms with E-state index in [2.05, 4.69) is 0 Å². The SMILES string of the molecule is [3H]C1OC(CO)C(O)C1C. The van der Waals surface area contributed by atoms with Crippen LogP contribution >= 0.6 is 0 Å². The Bertz CT molecular complexity index is 120. The lowest BCUT2D eigenvalue weighted by molar-refractivity contribution is 0.00208. The van der Waals surface area contributed by atoms with Crippen molar-refractivity contribution in [3.63, 3.8) is 0 Å². The van der Waals surface area contributed by atoms with Crippen molar-refractivity contribution < 1.29 is 16.3 Å². The molecule has 1 aliphatic heterocycles. The van der Waals surface area contributed by atoms with Crippen molar-refractivity contribution in [1.29, 1.82) is 0 Å². The highest BCUT2D eigenvalue weighted by atomic mass is 16.5. The van der Waals surface area contributed by atoms with Gasteiger partial charge in [-0.3, -0.25) is 0 Å². The Morgan fingerprint density at radius 1 is 1.89 bits per heavy atom. The molecular formula is C6H12O3. The monoisotopic (exact) mass is 134 g/mol. The minimum absolute atomic E-state index is 0.197. The first kappa shape index (κ1) is 5.65. The summed E-state index contributed by atoms with van der Waals surface area (Å²) in [6.45, 7) is 0.839. The highest BCUT2D eigenvalue weighted by Crippen LogP contribution is 2.18. The lowest BCUT2D eigenvalue weighted by Crippen LogP contribution is -2.27. The Labute approximate surface area is 55.7 Å². The molecule has 1 saturated heterocycles. The van der Waals surface area contributed by atoms with Crippen LogP contribution in [0.4, 0.5) is 0 Å². The fourth-order valence-electron chi connectivity index (χ4n) is 0.875. The molecule has 0 aromatic carbocycles. The zero-order valence-electron chi connectivity index (χ0n) is 6.32. The average molecular weight is 134 g/mol. The first-order chi connectivity index (χ1) is 4.66. The second kappa shape index (κ2) is 2.64. The van der Waals surface area contributed by atoms with Gasteiger partial charge < -0.3 is 14.9 Å². The van der Waals surface area contributed by atoms with E-state index in [9.17, 15) is 5.11 Å². The Kier molecular flexibility index (Phi) is 1.66. The van der Waals surface area contributed by atoms with Gasteiger partial charge in [0.05, 0.1) is 20.7 Å². The van der Waals surface area contributed by atoms with Gasteiger partial charge >= 0.3 is 0 Å². The lowest BCUT2D eigenvalue weighted by atomic mass is 10.1. The van der Waals surface area contributed by atoms with Crippen molar-refractivity contribution in [2.75, 3.05) is 13.2 Å². The minimum atomic E-state index is -0.688. The van der Waals surface area contributed by atoms with Crippen molar-refractivity contribution in [3.8, 4) is 0 Å². The number of aliphatic hydroxyl groups is 2. The van der Waals surface area contributed by atoms with Gasteiger partial charge in [0.2, 0.25) is 0 Å². The van der Waals surface area contributed by atoms with Gasteiger partial charge in [0.15, 0.2) is 0 Å². The molecule has 0 saturated carbocycles. The van der Waals surface area contributed by atoms with Crippen LogP contribution in [-0.4, -0.2) is 35.6 Å². The summed E-state index contributed by atoms with van der Waals surface area (Å²) in [6.07, 6.45) is -1.25. The van der Waals surface area contributed by atoms with E-state index in [0.29, 0.717) is 0 Å². The van der Waals surface area contributed by atoms with E-state index in [1.54, 1.807) is 6.92 Å². The number of hydrogen-bond donors (Lipinski definition) is 2. The van der Waals surface area contributed by atoms with E-state index < -0.39 is 18.8 Å². The van der Waals surface area contributed by atoms with Gasteiger partial charge in [-0.2, -0.15) is 0 Å². The average Bonchev–Trinajstić information content (AvgIpc) is 2.17. The highest BCUT2D eigenvalue weighted by Gasteiger charge is 2.31. The number of ether oxygens (including phenoxy) is 1. The molecule has 0 aromatic heterocycles. The standard InChI is InChI=1S/C6H12O3/c1-4-3-9-5(2-7)6(4)8/h4-8H,2-3H2,1H3/i3T. The Hall–Kier alpha value is -0.120. The second-order valence-electron chi connectivity index (χ2n) is 2.34. The molecule has 1 aliphatic rings. The van der Waals surface area contributed by atoms with E-state index in [-0.39, 0.29) is 12.5 Å². The molecule has 0 aliphatic carbocycles. The first-order valence-electron chi connectivity index (χ1n) is 3.61. The molecule has 2 N–H and O–H groups in total. The summed E-state index contributed by atoms with van der Waals surface area (Å²) < 4.78 is 12.1. The van der Waals surface area contributed by atoms with Crippen LogP contribution in [0.25, 0.3) is 0 Å². The molecule has 0 radical (unpaired) electrons. The van der Waals surface area contributed by atoms with Crippen molar-refractivity contribution in [1.82, 2.24) is 0 Å². The third-order valence-corrected chi connectivity index (χ3v) is 1.57. The molecule has 54 valence electrons.